The molecule has 2 aliphatic rings. The Morgan fingerprint density at radius 2 is 1.03 bits per heavy atom. The third-order valence-corrected chi connectivity index (χ3v) is 13.2. The van der Waals surface area contributed by atoms with Crippen molar-refractivity contribution in [1.29, 1.82) is 0 Å². The molecule has 0 aromatic carbocycles. The number of fused-ring (bicyclic) bond motifs is 8. The van der Waals surface area contributed by atoms with Crippen LogP contribution >= 0.6 is 0 Å². The summed E-state index contributed by atoms with van der Waals surface area (Å²) >= 11 is 0. The van der Waals surface area contributed by atoms with Crippen molar-refractivity contribution in [3.05, 3.63) is 88.6 Å². The SMILES string of the molecule is CCCCCCCCC1=Cc2cc3ccc(cc4nc(cc5c(-c6ccccn6)c(CCCCCCCC)c(c(CCCCCCCC)c1n2)n5CCCCCCCC)C=C4)[nH]3.[Pt]. The van der Waals surface area contributed by atoms with E-state index < -0.39 is 0 Å². The Morgan fingerprint density at radius 3 is 1.62 bits per heavy atom. The summed E-state index contributed by atoms with van der Waals surface area (Å²) in [7, 11) is 0. The van der Waals surface area contributed by atoms with Crippen LogP contribution in [0, 0.1) is 0 Å². The van der Waals surface area contributed by atoms with Gasteiger partial charge in [0.05, 0.1) is 39.5 Å². The molecule has 0 spiro atoms. The Hall–Kier alpha value is -3.56. The number of H-pyrrole nitrogens is 1. The van der Waals surface area contributed by atoms with Crippen LogP contribution in [-0.2, 0) is 40.5 Å². The van der Waals surface area contributed by atoms with Crippen molar-refractivity contribution in [2.24, 2.45) is 0 Å². The topological polar surface area (TPSA) is 59.4 Å². The minimum absolute atomic E-state index is 0. The van der Waals surface area contributed by atoms with Crippen molar-refractivity contribution in [3.8, 4) is 11.3 Å². The van der Waals surface area contributed by atoms with Gasteiger partial charge in [-0.05, 0) is 117 Å². The van der Waals surface area contributed by atoms with Crippen LogP contribution in [0.3, 0.4) is 0 Å². The third kappa shape index (κ3) is 15.3. The van der Waals surface area contributed by atoms with E-state index >= 15 is 0 Å². The van der Waals surface area contributed by atoms with Gasteiger partial charge in [0, 0.05) is 56.0 Å². The van der Waals surface area contributed by atoms with Crippen LogP contribution < -0.4 is 0 Å². The van der Waals surface area contributed by atoms with Crippen LogP contribution in [0.4, 0.5) is 0 Å². The summed E-state index contributed by atoms with van der Waals surface area (Å²) in [5, 5.41) is 0. The fourth-order valence-corrected chi connectivity index (χ4v) is 9.74. The molecule has 0 saturated carbocycles. The number of nitrogens with zero attached hydrogens (tertiary/aromatic N) is 4. The van der Waals surface area contributed by atoms with Gasteiger partial charge in [-0.25, -0.2) is 9.97 Å². The van der Waals surface area contributed by atoms with Gasteiger partial charge in [-0.3, -0.25) is 4.98 Å². The number of aromatic nitrogens is 5. The van der Waals surface area contributed by atoms with Gasteiger partial charge in [0.15, 0.2) is 0 Å². The summed E-state index contributed by atoms with van der Waals surface area (Å²) in [6.07, 6.45) is 42.7. The minimum atomic E-state index is 0. The molecule has 6 heterocycles. The average molecular weight is 1030 g/mol. The fraction of sp³-hybridized carbons (Fsp3) is 0.561. The molecule has 0 fully saturated rings. The second-order valence-corrected chi connectivity index (χ2v) is 18.4. The van der Waals surface area contributed by atoms with Gasteiger partial charge in [-0.15, -0.1) is 0 Å². The number of hydrogen-bond donors (Lipinski definition) is 1. The van der Waals surface area contributed by atoms with Crippen LogP contribution in [-0.4, -0.2) is 24.5 Å². The molecule has 0 radical (unpaired) electrons. The maximum Gasteiger partial charge on any atom is 0.0726 e. The van der Waals surface area contributed by atoms with E-state index in [1.165, 1.54) is 187 Å². The summed E-state index contributed by atoms with van der Waals surface area (Å²) in [6, 6.07) is 17.7. The number of pyridine rings is 1. The van der Waals surface area contributed by atoms with Gasteiger partial charge in [-0.2, -0.15) is 0 Å². The summed E-state index contributed by atoms with van der Waals surface area (Å²) in [5.41, 5.74) is 15.9. The summed E-state index contributed by atoms with van der Waals surface area (Å²) in [5.74, 6) is 0. The molecule has 0 aliphatic carbocycles. The van der Waals surface area contributed by atoms with Gasteiger partial charge in [0.25, 0.3) is 0 Å². The first-order valence-electron chi connectivity index (χ1n) is 25.7. The maximum atomic E-state index is 5.73. The molecule has 5 nitrogen and oxygen atoms in total. The molecule has 0 atom stereocenters. The molecule has 6 rings (SSSR count). The van der Waals surface area contributed by atoms with Crippen molar-refractivity contribution < 1.29 is 21.1 Å². The second-order valence-electron chi connectivity index (χ2n) is 18.4. The molecule has 4 aromatic heterocycles. The van der Waals surface area contributed by atoms with Crippen molar-refractivity contribution in [2.75, 3.05) is 0 Å². The predicted molar refractivity (Wildman–Crippen MR) is 270 cm³/mol. The molecule has 0 saturated heterocycles. The maximum absolute atomic E-state index is 5.73. The van der Waals surface area contributed by atoms with E-state index in [-0.39, 0.29) is 21.1 Å². The quantitative estimate of drug-likeness (QED) is 0.0486. The fourth-order valence-electron chi connectivity index (χ4n) is 9.74. The van der Waals surface area contributed by atoms with Crippen LogP contribution in [0.15, 0.2) is 54.7 Å². The molecular weight excluding hydrogens is 950 g/mol. The van der Waals surface area contributed by atoms with E-state index in [1.807, 2.05) is 6.20 Å². The molecular formula is C57H81N5Pt. The number of aryl methyl sites for hydroxylation is 3. The smallest absolute Gasteiger partial charge is 0.0726 e. The third-order valence-electron chi connectivity index (χ3n) is 13.2. The molecule has 6 heteroatoms. The normalized spacial score (nSPS) is 12.2. The van der Waals surface area contributed by atoms with Crippen LogP contribution in [0.2, 0.25) is 0 Å². The molecule has 0 amide bonds. The second kappa shape index (κ2) is 28.4. The average Bonchev–Trinajstić information content (AvgIpc) is 4.08. The van der Waals surface area contributed by atoms with Crippen molar-refractivity contribution in [1.82, 2.24) is 24.5 Å². The summed E-state index contributed by atoms with van der Waals surface area (Å²) in [6.45, 7) is 10.3. The van der Waals surface area contributed by atoms with Gasteiger partial charge >= 0.3 is 0 Å². The Morgan fingerprint density at radius 1 is 0.508 bits per heavy atom. The summed E-state index contributed by atoms with van der Waals surface area (Å²) in [4.78, 5) is 19.8. The van der Waals surface area contributed by atoms with Gasteiger partial charge in [0.1, 0.15) is 0 Å². The first kappa shape index (κ1) is 50.4. The van der Waals surface area contributed by atoms with Crippen LogP contribution in [0.25, 0.3) is 57.1 Å². The number of allylic oxidation sites excluding steroid dienone is 1. The number of unbranched alkanes of at least 4 members (excludes halogenated alkanes) is 20. The number of rotatable bonds is 29. The number of hydrogen-bond acceptors (Lipinski definition) is 3. The zero-order valence-electron chi connectivity index (χ0n) is 39.8. The molecule has 0 unspecified atom stereocenters. The minimum Gasteiger partial charge on any atom is -0.355 e. The Balaban J connectivity index is 0.00000748. The monoisotopic (exact) mass is 1030 g/mol. The van der Waals surface area contributed by atoms with E-state index in [1.54, 1.807) is 0 Å². The zero-order valence-corrected chi connectivity index (χ0v) is 42.1. The predicted octanol–water partition coefficient (Wildman–Crippen LogP) is 17.5. The number of aromatic amines is 1. The largest absolute Gasteiger partial charge is 0.355 e. The molecule has 4 aromatic rings. The van der Waals surface area contributed by atoms with Gasteiger partial charge in [0.2, 0.25) is 0 Å². The molecule has 2 aliphatic heterocycles. The van der Waals surface area contributed by atoms with Gasteiger partial charge in [-0.1, -0.05) is 162 Å². The Bertz CT molecular complexity index is 2170. The van der Waals surface area contributed by atoms with Gasteiger partial charge < -0.3 is 9.55 Å². The standard InChI is InChI=1S/C57H81N5.Pt/c1-5-9-13-17-21-25-31-45-41-50-43-48-36-35-46(59-48)42-47-37-38-49(60-47)44-54-55(53-34-28-29-39-58-53)51(32-26-22-18-14-10-6-2)57(62(54)40-30-24-20-16-12-8-4)52(56(45)61-50)33-27-23-19-15-11-7-3;/h28-29,34-39,41-44,59H,5-27,30-33,40H2,1-4H3;. The number of nitrogens with one attached hydrogen (secondary N) is 1. The van der Waals surface area contributed by atoms with E-state index in [0.29, 0.717) is 0 Å². The molecule has 344 valence electrons. The van der Waals surface area contributed by atoms with E-state index in [0.717, 1.165) is 66.0 Å². The first-order valence-corrected chi connectivity index (χ1v) is 25.7. The van der Waals surface area contributed by atoms with Crippen molar-refractivity contribution >= 4 is 45.9 Å². The molecule has 1 N–H and O–H groups in total. The van der Waals surface area contributed by atoms with E-state index in [2.05, 4.69) is 104 Å². The molecule has 63 heavy (non-hydrogen) atoms. The summed E-state index contributed by atoms with van der Waals surface area (Å²) < 4.78 is 2.76. The van der Waals surface area contributed by atoms with Crippen LogP contribution in [0.5, 0.6) is 0 Å². The van der Waals surface area contributed by atoms with Crippen LogP contribution in [0.1, 0.15) is 222 Å². The van der Waals surface area contributed by atoms with E-state index in [9.17, 15) is 0 Å². The first-order chi connectivity index (χ1) is 30.6. The van der Waals surface area contributed by atoms with Crippen molar-refractivity contribution in [3.63, 3.8) is 0 Å². The Kier molecular flexibility index (Phi) is 22.7. The van der Waals surface area contributed by atoms with Crippen molar-refractivity contribution in [2.45, 2.75) is 208 Å². The zero-order chi connectivity index (χ0) is 43.2. The molecule has 8 bridgehead atoms. The Labute approximate surface area is 396 Å². The van der Waals surface area contributed by atoms with E-state index in [4.69, 9.17) is 15.0 Å².